The van der Waals surface area contributed by atoms with Crippen LogP contribution in [-0.2, 0) is 6.54 Å². The summed E-state index contributed by atoms with van der Waals surface area (Å²) in [4.78, 5) is 0.656. The first kappa shape index (κ1) is 15.5. The minimum absolute atomic E-state index is 0.0328. The molecular formula is C14H22FNOS. The van der Waals surface area contributed by atoms with Gasteiger partial charge in [0.15, 0.2) is 0 Å². The molecule has 0 atom stereocenters. The Labute approximate surface area is 113 Å². The fourth-order valence-corrected chi connectivity index (χ4v) is 2.24. The number of benzene rings is 1. The third-order valence-electron chi connectivity index (χ3n) is 2.38. The summed E-state index contributed by atoms with van der Waals surface area (Å²) in [6, 6.07) is 5.35. The van der Waals surface area contributed by atoms with Crippen molar-refractivity contribution in [2.24, 2.45) is 0 Å². The molecule has 1 aromatic carbocycles. The number of aliphatic hydroxyl groups is 1. The zero-order chi connectivity index (χ0) is 13.6. The molecule has 0 aromatic heterocycles. The summed E-state index contributed by atoms with van der Waals surface area (Å²) in [5.74, 6) is 0.568. The Morgan fingerprint density at radius 3 is 2.61 bits per heavy atom. The van der Waals surface area contributed by atoms with Crippen LogP contribution >= 0.6 is 11.8 Å². The predicted molar refractivity (Wildman–Crippen MR) is 75.4 cm³/mol. The zero-order valence-electron chi connectivity index (χ0n) is 11.3. The lowest BCUT2D eigenvalue weighted by Gasteiger charge is -2.20. The van der Waals surface area contributed by atoms with E-state index >= 15 is 0 Å². The molecule has 0 aliphatic carbocycles. The average molecular weight is 271 g/mol. The van der Waals surface area contributed by atoms with Gasteiger partial charge in [0.25, 0.3) is 0 Å². The molecule has 0 fully saturated rings. The van der Waals surface area contributed by atoms with E-state index in [-0.39, 0.29) is 18.0 Å². The van der Waals surface area contributed by atoms with Crippen molar-refractivity contribution in [1.82, 2.24) is 5.32 Å². The van der Waals surface area contributed by atoms with Gasteiger partial charge in [-0.15, -0.1) is 11.8 Å². The molecule has 0 saturated carbocycles. The molecule has 4 heteroatoms. The SMILES string of the molecule is CC(C)(C)NCc1ccc(SCCCO)c(F)c1. The van der Waals surface area contributed by atoms with E-state index in [2.05, 4.69) is 26.1 Å². The van der Waals surface area contributed by atoms with Crippen molar-refractivity contribution in [2.45, 2.75) is 44.2 Å². The molecule has 2 nitrogen and oxygen atoms in total. The minimum Gasteiger partial charge on any atom is -0.396 e. The average Bonchev–Trinajstić information content (AvgIpc) is 2.28. The van der Waals surface area contributed by atoms with E-state index in [4.69, 9.17) is 5.11 Å². The Balaban J connectivity index is 2.56. The number of rotatable bonds is 6. The summed E-state index contributed by atoms with van der Waals surface area (Å²) >= 11 is 1.45. The minimum atomic E-state index is -0.175. The Hall–Kier alpha value is -0.580. The number of aliphatic hydroxyl groups excluding tert-OH is 1. The topological polar surface area (TPSA) is 32.3 Å². The number of hydrogen-bond donors (Lipinski definition) is 2. The molecule has 0 radical (unpaired) electrons. The molecule has 1 aromatic rings. The number of hydrogen-bond acceptors (Lipinski definition) is 3. The van der Waals surface area contributed by atoms with Crippen LogP contribution in [0.5, 0.6) is 0 Å². The van der Waals surface area contributed by atoms with Gasteiger partial charge >= 0.3 is 0 Å². The van der Waals surface area contributed by atoms with Crippen LogP contribution in [0, 0.1) is 5.82 Å². The van der Waals surface area contributed by atoms with Crippen LogP contribution in [0.1, 0.15) is 32.8 Å². The number of nitrogens with one attached hydrogen (secondary N) is 1. The zero-order valence-corrected chi connectivity index (χ0v) is 12.1. The number of thioether (sulfide) groups is 1. The molecule has 18 heavy (non-hydrogen) atoms. The maximum atomic E-state index is 13.8. The third-order valence-corrected chi connectivity index (χ3v) is 3.51. The molecule has 2 N–H and O–H groups in total. The molecule has 0 spiro atoms. The Morgan fingerprint density at radius 1 is 1.33 bits per heavy atom. The smallest absolute Gasteiger partial charge is 0.137 e. The lowest BCUT2D eigenvalue weighted by atomic mass is 10.1. The highest BCUT2D eigenvalue weighted by Gasteiger charge is 2.09. The summed E-state index contributed by atoms with van der Waals surface area (Å²) in [7, 11) is 0. The van der Waals surface area contributed by atoms with Crippen LogP contribution in [0.25, 0.3) is 0 Å². The Kier molecular flexibility index (Phi) is 6.12. The van der Waals surface area contributed by atoms with Gasteiger partial charge in [0.1, 0.15) is 5.82 Å². The quantitative estimate of drug-likeness (QED) is 0.615. The molecule has 102 valence electrons. The fourth-order valence-electron chi connectivity index (χ4n) is 1.39. The van der Waals surface area contributed by atoms with Crippen LogP contribution in [-0.4, -0.2) is 23.0 Å². The highest BCUT2D eigenvalue weighted by molar-refractivity contribution is 7.99. The second kappa shape index (κ2) is 7.12. The normalized spacial score (nSPS) is 11.8. The molecule has 0 heterocycles. The van der Waals surface area contributed by atoms with Crippen molar-refractivity contribution in [1.29, 1.82) is 0 Å². The molecule has 0 bridgehead atoms. The van der Waals surface area contributed by atoms with E-state index in [0.717, 1.165) is 11.3 Å². The van der Waals surface area contributed by atoms with Gasteiger partial charge in [-0.2, -0.15) is 0 Å². The summed E-state index contributed by atoms with van der Waals surface area (Å²) in [5, 5.41) is 12.0. The van der Waals surface area contributed by atoms with Crippen molar-refractivity contribution in [3.63, 3.8) is 0 Å². The van der Waals surface area contributed by atoms with Crippen molar-refractivity contribution in [3.05, 3.63) is 29.6 Å². The van der Waals surface area contributed by atoms with Gasteiger partial charge in [-0.3, -0.25) is 0 Å². The maximum absolute atomic E-state index is 13.8. The van der Waals surface area contributed by atoms with E-state index in [0.29, 0.717) is 17.9 Å². The highest BCUT2D eigenvalue weighted by atomic mass is 32.2. The van der Waals surface area contributed by atoms with Gasteiger partial charge in [0.05, 0.1) is 0 Å². The van der Waals surface area contributed by atoms with Crippen LogP contribution in [0.4, 0.5) is 4.39 Å². The van der Waals surface area contributed by atoms with E-state index in [9.17, 15) is 4.39 Å². The van der Waals surface area contributed by atoms with Crippen molar-refractivity contribution in [3.8, 4) is 0 Å². The molecular weight excluding hydrogens is 249 g/mol. The first-order chi connectivity index (χ1) is 8.42. The molecule has 0 unspecified atom stereocenters. The Morgan fingerprint density at radius 2 is 2.06 bits per heavy atom. The first-order valence-electron chi connectivity index (χ1n) is 6.19. The van der Waals surface area contributed by atoms with Crippen LogP contribution in [0.2, 0.25) is 0 Å². The third kappa shape index (κ3) is 5.85. The van der Waals surface area contributed by atoms with Gasteiger partial charge in [-0.1, -0.05) is 6.07 Å². The van der Waals surface area contributed by atoms with E-state index in [1.807, 2.05) is 12.1 Å². The van der Waals surface area contributed by atoms with Crippen molar-refractivity contribution < 1.29 is 9.50 Å². The molecule has 0 aliphatic heterocycles. The van der Waals surface area contributed by atoms with Crippen LogP contribution in [0.15, 0.2) is 23.1 Å². The molecule has 0 aliphatic rings. The van der Waals surface area contributed by atoms with Gasteiger partial charge in [-0.05, 0) is 44.9 Å². The van der Waals surface area contributed by atoms with Crippen molar-refractivity contribution in [2.75, 3.05) is 12.4 Å². The molecule has 0 amide bonds. The number of halogens is 1. The Bertz CT molecular complexity index is 377. The largest absolute Gasteiger partial charge is 0.396 e. The van der Waals surface area contributed by atoms with Crippen LogP contribution < -0.4 is 5.32 Å². The molecule has 1 rings (SSSR count). The fraction of sp³-hybridized carbons (Fsp3) is 0.571. The first-order valence-corrected chi connectivity index (χ1v) is 7.18. The van der Waals surface area contributed by atoms with E-state index in [1.165, 1.54) is 11.8 Å². The van der Waals surface area contributed by atoms with Crippen LogP contribution in [0.3, 0.4) is 0 Å². The molecule has 0 saturated heterocycles. The summed E-state index contributed by atoms with van der Waals surface area (Å²) in [5.41, 5.74) is 0.985. The standard InChI is InChI=1S/C14H22FNOS/c1-14(2,3)16-10-11-5-6-13(12(15)9-11)18-8-4-7-17/h5-6,9,16-17H,4,7-8,10H2,1-3H3. The van der Waals surface area contributed by atoms with Gasteiger partial charge in [0.2, 0.25) is 0 Å². The monoisotopic (exact) mass is 271 g/mol. The van der Waals surface area contributed by atoms with Crippen molar-refractivity contribution >= 4 is 11.8 Å². The lowest BCUT2D eigenvalue weighted by molar-refractivity contribution is 0.296. The van der Waals surface area contributed by atoms with E-state index < -0.39 is 0 Å². The van der Waals surface area contributed by atoms with Gasteiger partial charge < -0.3 is 10.4 Å². The second-order valence-electron chi connectivity index (χ2n) is 5.29. The highest BCUT2D eigenvalue weighted by Crippen LogP contribution is 2.23. The maximum Gasteiger partial charge on any atom is 0.137 e. The second-order valence-corrected chi connectivity index (χ2v) is 6.43. The van der Waals surface area contributed by atoms with Gasteiger partial charge in [0, 0.05) is 29.3 Å². The lowest BCUT2D eigenvalue weighted by Crippen LogP contribution is -2.35. The summed E-state index contributed by atoms with van der Waals surface area (Å²) in [6.45, 7) is 7.08. The summed E-state index contributed by atoms with van der Waals surface area (Å²) < 4.78 is 13.8. The van der Waals surface area contributed by atoms with Gasteiger partial charge in [-0.25, -0.2) is 4.39 Å². The summed E-state index contributed by atoms with van der Waals surface area (Å²) in [6.07, 6.45) is 0.692. The van der Waals surface area contributed by atoms with E-state index in [1.54, 1.807) is 6.07 Å². The predicted octanol–water partition coefficient (Wildman–Crippen LogP) is 3.19.